The summed E-state index contributed by atoms with van der Waals surface area (Å²) in [5.74, 6) is 0.380. The number of nitrogens with two attached hydrogens (primary N) is 1. The molecule has 0 atom stereocenters. The van der Waals surface area contributed by atoms with Crippen molar-refractivity contribution in [2.45, 2.75) is 6.54 Å². The third-order valence-electron chi connectivity index (χ3n) is 2.47. The molecule has 0 aliphatic rings. The molecule has 0 amide bonds. The van der Waals surface area contributed by atoms with Gasteiger partial charge in [0.15, 0.2) is 0 Å². The summed E-state index contributed by atoms with van der Waals surface area (Å²) in [5.41, 5.74) is 6.61. The van der Waals surface area contributed by atoms with Crippen LogP contribution in [0.3, 0.4) is 0 Å². The summed E-state index contributed by atoms with van der Waals surface area (Å²) < 4.78 is 15.4. The van der Waals surface area contributed by atoms with Crippen LogP contribution in [0.25, 0.3) is 11.3 Å². The van der Waals surface area contributed by atoms with Crippen molar-refractivity contribution in [3.05, 3.63) is 41.1 Å². The second kappa shape index (κ2) is 4.23. The zero-order valence-corrected chi connectivity index (χ0v) is 9.50. The minimum atomic E-state index is -0.323. The van der Waals surface area contributed by atoms with Gasteiger partial charge < -0.3 is 10.3 Å². The van der Waals surface area contributed by atoms with Crippen LogP contribution >= 0.6 is 11.6 Å². The molecule has 0 saturated heterocycles. The first-order valence-electron chi connectivity index (χ1n) is 4.79. The lowest BCUT2D eigenvalue weighted by Crippen LogP contribution is -2.05. The molecular weight excluding hydrogens is 229 g/mol. The fourth-order valence-electron chi connectivity index (χ4n) is 1.58. The van der Waals surface area contributed by atoms with E-state index in [9.17, 15) is 4.39 Å². The zero-order valence-electron chi connectivity index (χ0n) is 8.74. The molecule has 0 radical (unpaired) electrons. The normalized spacial score (nSPS) is 10.8. The van der Waals surface area contributed by atoms with E-state index in [4.69, 9.17) is 17.3 Å². The van der Waals surface area contributed by atoms with E-state index in [2.05, 4.69) is 4.98 Å². The smallest absolute Gasteiger partial charge is 0.132 e. The SMILES string of the molecule is Cn1c(-c2cc(Cl)ccc2F)cnc1CN. The first-order valence-corrected chi connectivity index (χ1v) is 5.17. The fourth-order valence-corrected chi connectivity index (χ4v) is 1.75. The van der Waals surface area contributed by atoms with E-state index >= 15 is 0 Å². The Bertz CT molecular complexity index is 522. The van der Waals surface area contributed by atoms with Crippen molar-refractivity contribution >= 4 is 11.6 Å². The van der Waals surface area contributed by atoms with Crippen LogP contribution in [0, 0.1) is 5.82 Å². The van der Waals surface area contributed by atoms with Gasteiger partial charge in [0.25, 0.3) is 0 Å². The standard InChI is InChI=1S/C11H11ClFN3/c1-16-10(6-15-11(16)5-14)8-4-7(12)2-3-9(8)13/h2-4,6H,5,14H2,1H3. The van der Waals surface area contributed by atoms with Crippen molar-refractivity contribution in [1.82, 2.24) is 9.55 Å². The molecule has 0 aliphatic carbocycles. The van der Waals surface area contributed by atoms with Gasteiger partial charge in [0.05, 0.1) is 18.4 Å². The van der Waals surface area contributed by atoms with Gasteiger partial charge >= 0.3 is 0 Å². The maximum Gasteiger partial charge on any atom is 0.132 e. The molecule has 0 fully saturated rings. The lowest BCUT2D eigenvalue weighted by Gasteiger charge is -2.06. The Balaban J connectivity index is 2.58. The van der Waals surface area contributed by atoms with Crippen LogP contribution in [0.15, 0.2) is 24.4 Å². The van der Waals surface area contributed by atoms with Gasteiger partial charge in [-0.15, -0.1) is 0 Å². The molecule has 0 bridgehead atoms. The Morgan fingerprint density at radius 2 is 2.25 bits per heavy atom. The van der Waals surface area contributed by atoms with Crippen molar-refractivity contribution in [1.29, 1.82) is 0 Å². The van der Waals surface area contributed by atoms with Crippen LogP contribution in [-0.2, 0) is 13.6 Å². The van der Waals surface area contributed by atoms with Crippen LogP contribution in [-0.4, -0.2) is 9.55 Å². The number of aromatic nitrogens is 2. The minimum Gasteiger partial charge on any atom is -0.330 e. The molecule has 3 nitrogen and oxygen atoms in total. The van der Waals surface area contributed by atoms with Crippen LogP contribution < -0.4 is 5.73 Å². The van der Waals surface area contributed by atoms with Crippen molar-refractivity contribution in [2.75, 3.05) is 0 Å². The largest absolute Gasteiger partial charge is 0.330 e. The van der Waals surface area contributed by atoms with Crippen LogP contribution in [0.2, 0.25) is 5.02 Å². The highest BCUT2D eigenvalue weighted by molar-refractivity contribution is 6.30. The monoisotopic (exact) mass is 239 g/mol. The Labute approximate surface area is 97.7 Å². The van der Waals surface area contributed by atoms with Crippen LogP contribution in [0.5, 0.6) is 0 Å². The van der Waals surface area contributed by atoms with E-state index < -0.39 is 0 Å². The summed E-state index contributed by atoms with van der Waals surface area (Å²) in [6.45, 7) is 0.318. The number of rotatable bonds is 2. The number of hydrogen-bond acceptors (Lipinski definition) is 2. The third-order valence-corrected chi connectivity index (χ3v) is 2.71. The summed E-state index contributed by atoms with van der Waals surface area (Å²) in [4.78, 5) is 4.11. The van der Waals surface area contributed by atoms with Crippen molar-refractivity contribution < 1.29 is 4.39 Å². The molecule has 0 unspecified atom stereocenters. The third kappa shape index (κ3) is 1.81. The topological polar surface area (TPSA) is 43.8 Å². The van der Waals surface area contributed by atoms with Gasteiger partial charge in [-0.3, -0.25) is 0 Å². The number of imidazole rings is 1. The maximum absolute atomic E-state index is 13.6. The molecule has 1 aromatic heterocycles. The van der Waals surface area contributed by atoms with Gasteiger partial charge in [-0.2, -0.15) is 0 Å². The van der Waals surface area contributed by atoms with E-state index in [-0.39, 0.29) is 5.82 Å². The van der Waals surface area contributed by atoms with Crippen molar-refractivity contribution in [3.63, 3.8) is 0 Å². The van der Waals surface area contributed by atoms with Gasteiger partial charge in [0.1, 0.15) is 11.6 Å². The van der Waals surface area contributed by atoms with Crippen molar-refractivity contribution in [3.8, 4) is 11.3 Å². The number of nitrogens with zero attached hydrogens (tertiary/aromatic N) is 2. The van der Waals surface area contributed by atoms with Gasteiger partial charge in [-0.25, -0.2) is 9.37 Å². The maximum atomic E-state index is 13.6. The Morgan fingerprint density at radius 3 is 2.88 bits per heavy atom. The summed E-state index contributed by atoms with van der Waals surface area (Å²) in [6.07, 6.45) is 1.59. The molecule has 1 aromatic carbocycles. The van der Waals surface area contributed by atoms with E-state index in [1.165, 1.54) is 12.1 Å². The molecule has 1 heterocycles. The van der Waals surface area contributed by atoms with E-state index in [1.807, 2.05) is 0 Å². The van der Waals surface area contributed by atoms with Crippen LogP contribution in [0.4, 0.5) is 4.39 Å². The molecule has 2 aromatic rings. The average molecular weight is 240 g/mol. The Kier molecular flexibility index (Phi) is 2.94. The highest BCUT2D eigenvalue weighted by Crippen LogP contribution is 2.26. The first-order chi connectivity index (χ1) is 7.63. The van der Waals surface area contributed by atoms with E-state index in [0.29, 0.717) is 28.6 Å². The van der Waals surface area contributed by atoms with Crippen LogP contribution in [0.1, 0.15) is 5.82 Å². The summed E-state index contributed by atoms with van der Waals surface area (Å²) in [6, 6.07) is 4.43. The second-order valence-corrected chi connectivity index (χ2v) is 3.88. The first kappa shape index (κ1) is 11.1. The lowest BCUT2D eigenvalue weighted by molar-refractivity contribution is 0.629. The van der Waals surface area contributed by atoms with E-state index in [0.717, 1.165) is 0 Å². The molecule has 5 heteroatoms. The highest BCUT2D eigenvalue weighted by atomic mass is 35.5. The van der Waals surface area contributed by atoms with Gasteiger partial charge in [0.2, 0.25) is 0 Å². The highest BCUT2D eigenvalue weighted by Gasteiger charge is 2.11. The second-order valence-electron chi connectivity index (χ2n) is 3.45. The molecule has 2 N–H and O–H groups in total. The molecule has 0 spiro atoms. The Morgan fingerprint density at radius 1 is 1.50 bits per heavy atom. The average Bonchev–Trinajstić information content (AvgIpc) is 2.63. The molecule has 84 valence electrons. The molecule has 2 rings (SSSR count). The molecular formula is C11H11ClFN3. The molecule has 16 heavy (non-hydrogen) atoms. The van der Waals surface area contributed by atoms with Crippen molar-refractivity contribution in [2.24, 2.45) is 12.8 Å². The van der Waals surface area contributed by atoms with Gasteiger partial charge in [-0.1, -0.05) is 11.6 Å². The Hall–Kier alpha value is -1.39. The fraction of sp³-hybridized carbons (Fsp3) is 0.182. The van der Waals surface area contributed by atoms with Gasteiger partial charge in [-0.05, 0) is 18.2 Å². The lowest BCUT2D eigenvalue weighted by atomic mass is 10.1. The summed E-state index contributed by atoms with van der Waals surface area (Å²) in [7, 11) is 1.80. The quantitative estimate of drug-likeness (QED) is 0.874. The zero-order chi connectivity index (χ0) is 11.7. The van der Waals surface area contributed by atoms with E-state index in [1.54, 1.807) is 23.9 Å². The predicted molar refractivity (Wildman–Crippen MR) is 61.5 cm³/mol. The molecule has 0 aliphatic heterocycles. The number of hydrogen-bond donors (Lipinski definition) is 1. The van der Waals surface area contributed by atoms with Gasteiger partial charge in [0, 0.05) is 17.6 Å². The number of halogens is 2. The predicted octanol–water partition coefficient (Wildman–Crippen LogP) is 2.34. The summed E-state index contributed by atoms with van der Waals surface area (Å²) >= 11 is 5.84. The molecule has 0 saturated carbocycles. The summed E-state index contributed by atoms with van der Waals surface area (Å²) in [5, 5.41) is 0.492. The number of benzene rings is 1. The minimum absolute atomic E-state index is 0.318.